The van der Waals surface area contributed by atoms with E-state index in [9.17, 15) is 8.42 Å². The van der Waals surface area contributed by atoms with E-state index in [4.69, 9.17) is 15.2 Å². The molecule has 0 unspecified atom stereocenters. The molecule has 2 rings (SSSR count). The molecule has 0 aliphatic heterocycles. The fourth-order valence-electron chi connectivity index (χ4n) is 1.71. The van der Waals surface area contributed by atoms with Gasteiger partial charge in [0.15, 0.2) is 5.58 Å². The van der Waals surface area contributed by atoms with Gasteiger partial charge in [0.1, 0.15) is 11.4 Å². The Morgan fingerprint density at radius 1 is 1.38 bits per heavy atom. The minimum absolute atomic E-state index is 0.315. The van der Waals surface area contributed by atoms with Crippen LogP contribution in [0.3, 0.4) is 0 Å². The highest BCUT2D eigenvalue weighted by molar-refractivity contribution is 8.13. The number of aromatic nitrogens is 1. The molecular formula is C10H10ClNO3S. The minimum atomic E-state index is -3.61. The van der Waals surface area contributed by atoms with Gasteiger partial charge in [-0.2, -0.15) is 0 Å². The maximum atomic E-state index is 11.0. The maximum Gasteiger partial charge on any atom is 0.238 e. The molecule has 86 valence electrons. The number of hydrogen-bond donors (Lipinski definition) is 0. The first-order valence-corrected chi connectivity index (χ1v) is 7.12. The Morgan fingerprint density at radius 3 is 2.69 bits per heavy atom. The van der Waals surface area contributed by atoms with E-state index in [1.54, 1.807) is 0 Å². The van der Waals surface area contributed by atoms with Gasteiger partial charge in [0.25, 0.3) is 0 Å². The van der Waals surface area contributed by atoms with Gasteiger partial charge >= 0.3 is 0 Å². The summed E-state index contributed by atoms with van der Waals surface area (Å²) in [7, 11) is 1.58. The highest BCUT2D eigenvalue weighted by Crippen LogP contribution is 2.25. The van der Waals surface area contributed by atoms with Crippen LogP contribution in [-0.2, 0) is 14.8 Å². The smallest absolute Gasteiger partial charge is 0.238 e. The van der Waals surface area contributed by atoms with Crippen LogP contribution in [0.4, 0.5) is 0 Å². The van der Waals surface area contributed by atoms with E-state index in [2.05, 4.69) is 5.16 Å². The molecule has 0 aliphatic carbocycles. The maximum absolute atomic E-state index is 11.0. The second kappa shape index (κ2) is 3.75. The topological polar surface area (TPSA) is 60.2 Å². The summed E-state index contributed by atoms with van der Waals surface area (Å²) in [5.74, 6) is -0.315. The van der Waals surface area contributed by atoms with Crippen LogP contribution in [0.15, 0.2) is 16.7 Å². The normalized spacial score (nSPS) is 12.2. The van der Waals surface area contributed by atoms with Crippen molar-refractivity contribution in [1.82, 2.24) is 5.16 Å². The van der Waals surface area contributed by atoms with Gasteiger partial charge in [0, 0.05) is 16.1 Å². The van der Waals surface area contributed by atoms with Crippen molar-refractivity contribution >= 4 is 30.7 Å². The molecule has 1 heterocycles. The molecule has 4 nitrogen and oxygen atoms in total. The van der Waals surface area contributed by atoms with Crippen molar-refractivity contribution < 1.29 is 12.9 Å². The first-order chi connectivity index (χ1) is 7.37. The van der Waals surface area contributed by atoms with Crippen LogP contribution in [0.25, 0.3) is 11.0 Å². The van der Waals surface area contributed by atoms with Crippen molar-refractivity contribution in [1.29, 1.82) is 0 Å². The van der Waals surface area contributed by atoms with Gasteiger partial charge in [-0.15, -0.1) is 0 Å². The van der Waals surface area contributed by atoms with Gasteiger partial charge in [-0.25, -0.2) is 8.42 Å². The summed E-state index contributed by atoms with van der Waals surface area (Å²) in [4.78, 5) is 0. The summed E-state index contributed by atoms with van der Waals surface area (Å²) >= 11 is 0. The van der Waals surface area contributed by atoms with Gasteiger partial charge in [-0.3, -0.25) is 0 Å². The van der Waals surface area contributed by atoms with E-state index >= 15 is 0 Å². The average Bonchev–Trinajstić information content (AvgIpc) is 2.46. The molecule has 1 aromatic carbocycles. The molecule has 1 aromatic heterocycles. The second-order valence-corrected chi connectivity index (χ2v) is 6.55. The van der Waals surface area contributed by atoms with E-state index in [0.29, 0.717) is 16.7 Å². The van der Waals surface area contributed by atoms with Crippen LogP contribution in [0.5, 0.6) is 0 Å². The molecule has 0 saturated heterocycles. The molecular weight excluding hydrogens is 250 g/mol. The fourth-order valence-corrected chi connectivity index (χ4v) is 2.55. The molecule has 0 fully saturated rings. The summed E-state index contributed by atoms with van der Waals surface area (Å²) in [6, 6.07) is 3.79. The van der Waals surface area contributed by atoms with E-state index in [1.807, 2.05) is 26.0 Å². The molecule has 0 spiro atoms. The van der Waals surface area contributed by atoms with Crippen LogP contribution in [0.1, 0.15) is 16.8 Å². The Morgan fingerprint density at radius 2 is 2.06 bits per heavy atom. The fraction of sp³-hybridized carbons (Fsp3) is 0.300. The Balaban J connectivity index is 2.65. The van der Waals surface area contributed by atoms with Gasteiger partial charge in [0.05, 0.1) is 0 Å². The summed E-state index contributed by atoms with van der Waals surface area (Å²) in [5, 5.41) is 4.45. The zero-order chi connectivity index (χ0) is 11.9. The van der Waals surface area contributed by atoms with Crippen LogP contribution in [0.2, 0.25) is 0 Å². The van der Waals surface area contributed by atoms with Crippen molar-refractivity contribution in [3.05, 3.63) is 29.0 Å². The number of nitrogens with zero attached hydrogens (tertiary/aromatic N) is 1. The molecule has 16 heavy (non-hydrogen) atoms. The highest BCUT2D eigenvalue weighted by atomic mass is 35.7. The van der Waals surface area contributed by atoms with Crippen LogP contribution in [0, 0.1) is 13.8 Å². The quantitative estimate of drug-likeness (QED) is 0.778. The number of fused-ring (bicyclic) bond motifs is 1. The lowest BCUT2D eigenvalue weighted by molar-refractivity contribution is 0.447. The average molecular weight is 260 g/mol. The number of benzene rings is 1. The molecule has 6 heteroatoms. The van der Waals surface area contributed by atoms with Gasteiger partial charge < -0.3 is 4.52 Å². The number of rotatable bonds is 2. The lowest BCUT2D eigenvalue weighted by Crippen LogP contribution is -1.95. The summed E-state index contributed by atoms with van der Waals surface area (Å²) < 4.78 is 27.1. The Labute approximate surface area is 97.6 Å². The molecule has 0 aliphatic rings. The molecule has 0 radical (unpaired) electrons. The van der Waals surface area contributed by atoms with Crippen molar-refractivity contribution in [2.75, 3.05) is 0 Å². The summed E-state index contributed by atoms with van der Waals surface area (Å²) in [5.41, 5.74) is 2.93. The highest BCUT2D eigenvalue weighted by Gasteiger charge is 2.16. The third kappa shape index (κ3) is 2.20. The van der Waals surface area contributed by atoms with Gasteiger partial charge in [0.2, 0.25) is 9.05 Å². The molecule has 0 bridgehead atoms. The van der Waals surface area contributed by atoms with Crippen molar-refractivity contribution in [3.63, 3.8) is 0 Å². The molecule has 0 N–H and O–H groups in total. The first kappa shape index (κ1) is 11.4. The number of aryl methyl sites for hydroxylation is 2. The van der Waals surface area contributed by atoms with Crippen molar-refractivity contribution in [2.45, 2.75) is 19.6 Å². The first-order valence-electron chi connectivity index (χ1n) is 4.64. The van der Waals surface area contributed by atoms with Gasteiger partial charge in [-0.05, 0) is 31.0 Å². The van der Waals surface area contributed by atoms with Crippen molar-refractivity contribution in [2.24, 2.45) is 0 Å². The third-order valence-corrected chi connectivity index (χ3v) is 3.23. The second-order valence-electron chi connectivity index (χ2n) is 3.77. The Kier molecular flexibility index (Phi) is 2.67. The summed E-state index contributed by atoms with van der Waals surface area (Å²) in [6.07, 6.45) is 0. The zero-order valence-corrected chi connectivity index (χ0v) is 10.4. The number of halogens is 1. The Hall–Kier alpha value is -1.07. The van der Waals surface area contributed by atoms with Crippen LogP contribution >= 0.6 is 10.7 Å². The van der Waals surface area contributed by atoms with E-state index < -0.39 is 9.05 Å². The lowest BCUT2D eigenvalue weighted by atomic mass is 10.1. The minimum Gasteiger partial charge on any atom is -0.356 e. The van der Waals surface area contributed by atoms with E-state index in [1.165, 1.54) is 0 Å². The predicted molar refractivity (Wildman–Crippen MR) is 62.0 cm³/mol. The SMILES string of the molecule is Cc1cc(C)c2onc(CS(=O)(=O)Cl)c2c1. The van der Waals surface area contributed by atoms with Crippen LogP contribution < -0.4 is 0 Å². The summed E-state index contributed by atoms with van der Waals surface area (Å²) in [6.45, 7) is 3.82. The van der Waals surface area contributed by atoms with E-state index in [0.717, 1.165) is 11.1 Å². The Bertz CT molecular complexity index is 645. The largest absolute Gasteiger partial charge is 0.356 e. The predicted octanol–water partition coefficient (Wildman–Crippen LogP) is 2.51. The molecule has 2 aromatic rings. The lowest BCUT2D eigenvalue weighted by Gasteiger charge is -1.97. The number of hydrogen-bond acceptors (Lipinski definition) is 4. The molecule has 0 atom stereocenters. The molecule has 0 saturated carbocycles. The third-order valence-electron chi connectivity index (χ3n) is 2.29. The zero-order valence-electron chi connectivity index (χ0n) is 8.82. The van der Waals surface area contributed by atoms with E-state index in [-0.39, 0.29) is 5.75 Å². The van der Waals surface area contributed by atoms with Crippen LogP contribution in [-0.4, -0.2) is 13.6 Å². The van der Waals surface area contributed by atoms with Crippen molar-refractivity contribution in [3.8, 4) is 0 Å². The monoisotopic (exact) mass is 259 g/mol. The molecule has 0 amide bonds. The van der Waals surface area contributed by atoms with Gasteiger partial charge in [-0.1, -0.05) is 11.2 Å². The standard InChI is InChI=1S/C10H10ClNO3S/c1-6-3-7(2)10-8(4-6)9(12-15-10)5-16(11,13)14/h3-4H,5H2,1-2H3.